The summed E-state index contributed by atoms with van der Waals surface area (Å²) in [6.45, 7) is 4.50. The number of phenolic OH excluding ortho intramolecular Hbond substituents is 1. The van der Waals surface area contributed by atoms with Crippen LogP contribution in [0.4, 0.5) is 0 Å². The molecular formula is C18H29NO. The lowest BCUT2D eigenvalue weighted by Crippen LogP contribution is -2.36. The standard InChI is InChI=1S/C18H29NO/c1-3-17(16-12-8-9-13-18(16)20)19-14(2)15-10-6-4-5-7-11-15/h8-9,12-15,17,19-20H,3-7,10-11H2,1-2H3/t14-,17?/m1/s1. The fourth-order valence-corrected chi connectivity index (χ4v) is 3.47. The van der Waals surface area contributed by atoms with Crippen molar-refractivity contribution in [1.29, 1.82) is 0 Å². The average molecular weight is 275 g/mol. The number of benzene rings is 1. The van der Waals surface area contributed by atoms with E-state index in [0.717, 1.165) is 17.9 Å². The van der Waals surface area contributed by atoms with Crippen molar-refractivity contribution in [3.63, 3.8) is 0 Å². The molecule has 0 saturated heterocycles. The summed E-state index contributed by atoms with van der Waals surface area (Å²) in [6, 6.07) is 8.51. The van der Waals surface area contributed by atoms with E-state index in [2.05, 4.69) is 19.2 Å². The van der Waals surface area contributed by atoms with Crippen molar-refractivity contribution in [2.75, 3.05) is 0 Å². The van der Waals surface area contributed by atoms with Gasteiger partial charge in [-0.15, -0.1) is 0 Å². The quantitative estimate of drug-likeness (QED) is 0.757. The van der Waals surface area contributed by atoms with Crippen LogP contribution in [0, 0.1) is 5.92 Å². The second-order valence-electron chi connectivity index (χ2n) is 6.23. The van der Waals surface area contributed by atoms with Crippen molar-refractivity contribution >= 4 is 0 Å². The van der Waals surface area contributed by atoms with Gasteiger partial charge in [-0.05, 0) is 38.2 Å². The van der Waals surface area contributed by atoms with Gasteiger partial charge in [0, 0.05) is 17.6 Å². The molecule has 0 spiro atoms. The van der Waals surface area contributed by atoms with Crippen molar-refractivity contribution in [1.82, 2.24) is 5.32 Å². The van der Waals surface area contributed by atoms with Crippen LogP contribution in [0.1, 0.15) is 70.4 Å². The normalized spacial score (nSPS) is 20.3. The third kappa shape index (κ3) is 3.99. The van der Waals surface area contributed by atoms with Crippen LogP contribution >= 0.6 is 0 Å². The third-order valence-electron chi connectivity index (χ3n) is 4.79. The van der Waals surface area contributed by atoms with E-state index in [9.17, 15) is 5.11 Å². The molecule has 1 unspecified atom stereocenters. The highest BCUT2D eigenvalue weighted by Crippen LogP contribution is 2.30. The molecule has 1 aliphatic carbocycles. The van der Waals surface area contributed by atoms with Gasteiger partial charge in [0.1, 0.15) is 5.75 Å². The summed E-state index contributed by atoms with van der Waals surface area (Å²) >= 11 is 0. The molecule has 2 heteroatoms. The van der Waals surface area contributed by atoms with Crippen LogP contribution in [0.15, 0.2) is 24.3 Å². The fourth-order valence-electron chi connectivity index (χ4n) is 3.47. The topological polar surface area (TPSA) is 32.3 Å². The molecule has 1 aliphatic rings. The molecule has 1 saturated carbocycles. The van der Waals surface area contributed by atoms with Crippen LogP contribution < -0.4 is 5.32 Å². The van der Waals surface area contributed by atoms with Crippen LogP contribution in [-0.4, -0.2) is 11.1 Å². The molecular weight excluding hydrogens is 246 g/mol. The lowest BCUT2D eigenvalue weighted by Gasteiger charge is -2.29. The minimum Gasteiger partial charge on any atom is -0.508 e. The van der Waals surface area contributed by atoms with Crippen LogP contribution in [0.5, 0.6) is 5.75 Å². The van der Waals surface area contributed by atoms with Crippen molar-refractivity contribution in [3.05, 3.63) is 29.8 Å². The zero-order valence-electron chi connectivity index (χ0n) is 12.9. The number of aromatic hydroxyl groups is 1. The maximum atomic E-state index is 10.0. The Balaban J connectivity index is 2.00. The molecule has 20 heavy (non-hydrogen) atoms. The first kappa shape index (κ1) is 15.4. The molecule has 2 nitrogen and oxygen atoms in total. The molecule has 0 aliphatic heterocycles. The SMILES string of the molecule is CCC(N[C@H](C)C1CCCCCC1)c1ccccc1O. The Morgan fingerprint density at radius 3 is 2.40 bits per heavy atom. The predicted molar refractivity (Wildman–Crippen MR) is 84.9 cm³/mol. The number of rotatable bonds is 5. The van der Waals surface area contributed by atoms with E-state index < -0.39 is 0 Å². The molecule has 1 aromatic carbocycles. The maximum Gasteiger partial charge on any atom is 0.120 e. The summed E-state index contributed by atoms with van der Waals surface area (Å²) in [6.07, 6.45) is 9.28. The van der Waals surface area contributed by atoms with Crippen molar-refractivity contribution in [3.8, 4) is 5.75 Å². The van der Waals surface area contributed by atoms with E-state index in [0.29, 0.717) is 11.8 Å². The van der Waals surface area contributed by atoms with E-state index in [-0.39, 0.29) is 6.04 Å². The number of hydrogen-bond acceptors (Lipinski definition) is 2. The highest BCUT2D eigenvalue weighted by Gasteiger charge is 2.22. The second-order valence-corrected chi connectivity index (χ2v) is 6.23. The summed E-state index contributed by atoms with van der Waals surface area (Å²) in [5, 5.41) is 13.8. The van der Waals surface area contributed by atoms with Gasteiger partial charge in [0.05, 0.1) is 0 Å². The summed E-state index contributed by atoms with van der Waals surface area (Å²) in [4.78, 5) is 0. The van der Waals surface area contributed by atoms with Gasteiger partial charge in [-0.25, -0.2) is 0 Å². The summed E-state index contributed by atoms with van der Waals surface area (Å²) in [7, 11) is 0. The Labute approximate surface area is 123 Å². The summed E-state index contributed by atoms with van der Waals surface area (Å²) < 4.78 is 0. The zero-order chi connectivity index (χ0) is 14.4. The predicted octanol–water partition coefficient (Wildman–Crippen LogP) is 4.79. The Hall–Kier alpha value is -1.02. The monoisotopic (exact) mass is 275 g/mol. The minimum absolute atomic E-state index is 0.259. The Morgan fingerprint density at radius 2 is 1.80 bits per heavy atom. The third-order valence-corrected chi connectivity index (χ3v) is 4.79. The van der Waals surface area contributed by atoms with Gasteiger partial charge in [-0.2, -0.15) is 0 Å². The van der Waals surface area contributed by atoms with Crippen LogP contribution in [-0.2, 0) is 0 Å². The minimum atomic E-state index is 0.259. The molecule has 1 fully saturated rings. The number of phenols is 1. The molecule has 0 aromatic heterocycles. The Kier molecular flexibility index (Phi) is 5.90. The molecule has 0 amide bonds. The highest BCUT2D eigenvalue weighted by molar-refractivity contribution is 5.34. The van der Waals surface area contributed by atoms with Gasteiger partial charge >= 0.3 is 0 Å². The van der Waals surface area contributed by atoms with Crippen LogP contribution in [0.25, 0.3) is 0 Å². The molecule has 0 bridgehead atoms. The molecule has 2 N–H and O–H groups in total. The van der Waals surface area contributed by atoms with Crippen LogP contribution in [0.3, 0.4) is 0 Å². The average Bonchev–Trinajstić information content (AvgIpc) is 2.74. The Morgan fingerprint density at radius 1 is 1.15 bits per heavy atom. The van der Waals surface area contributed by atoms with Crippen LogP contribution in [0.2, 0.25) is 0 Å². The first-order chi connectivity index (χ1) is 9.72. The lowest BCUT2D eigenvalue weighted by molar-refractivity contribution is 0.303. The van der Waals surface area contributed by atoms with Gasteiger partial charge in [0.25, 0.3) is 0 Å². The molecule has 0 radical (unpaired) electrons. The second kappa shape index (κ2) is 7.68. The molecule has 2 rings (SSSR count). The van der Waals surface area contributed by atoms with Gasteiger partial charge in [0.15, 0.2) is 0 Å². The van der Waals surface area contributed by atoms with Gasteiger partial charge < -0.3 is 10.4 Å². The van der Waals surface area contributed by atoms with E-state index in [1.807, 2.05) is 18.2 Å². The molecule has 0 heterocycles. The first-order valence-corrected chi connectivity index (χ1v) is 8.26. The van der Waals surface area contributed by atoms with E-state index in [1.54, 1.807) is 6.07 Å². The summed E-state index contributed by atoms with van der Waals surface area (Å²) in [5.41, 5.74) is 1.04. The van der Waals surface area contributed by atoms with Gasteiger partial charge in [0.2, 0.25) is 0 Å². The van der Waals surface area contributed by atoms with Gasteiger partial charge in [-0.1, -0.05) is 50.8 Å². The van der Waals surface area contributed by atoms with Crippen molar-refractivity contribution in [2.24, 2.45) is 5.92 Å². The zero-order valence-corrected chi connectivity index (χ0v) is 12.9. The van der Waals surface area contributed by atoms with Crippen molar-refractivity contribution in [2.45, 2.75) is 70.9 Å². The van der Waals surface area contributed by atoms with Crippen molar-refractivity contribution < 1.29 is 5.11 Å². The molecule has 2 atom stereocenters. The maximum absolute atomic E-state index is 10.0. The highest BCUT2D eigenvalue weighted by atomic mass is 16.3. The number of hydrogen-bond donors (Lipinski definition) is 2. The largest absolute Gasteiger partial charge is 0.508 e. The lowest BCUT2D eigenvalue weighted by atomic mass is 9.91. The van der Waals surface area contributed by atoms with Gasteiger partial charge in [-0.3, -0.25) is 0 Å². The Bertz CT molecular complexity index is 396. The summed E-state index contributed by atoms with van der Waals surface area (Å²) in [5.74, 6) is 1.21. The van der Waals surface area contributed by atoms with E-state index in [1.165, 1.54) is 38.5 Å². The van der Waals surface area contributed by atoms with E-state index in [4.69, 9.17) is 0 Å². The smallest absolute Gasteiger partial charge is 0.120 e. The first-order valence-electron chi connectivity index (χ1n) is 8.26. The molecule has 112 valence electrons. The van der Waals surface area contributed by atoms with E-state index >= 15 is 0 Å². The molecule has 1 aromatic rings. The fraction of sp³-hybridized carbons (Fsp3) is 0.667. The number of nitrogens with one attached hydrogen (secondary N) is 1. The number of para-hydroxylation sites is 1.